The van der Waals surface area contributed by atoms with E-state index in [0.717, 1.165) is 0 Å². The summed E-state index contributed by atoms with van der Waals surface area (Å²) in [7, 11) is 1.92. The summed E-state index contributed by atoms with van der Waals surface area (Å²) in [6.45, 7) is 10.7. The van der Waals surface area contributed by atoms with Gasteiger partial charge in [0.2, 0.25) is 5.91 Å². The maximum absolute atomic E-state index is 12.8. The third-order valence-electron chi connectivity index (χ3n) is 4.90. The molecule has 0 saturated heterocycles. The Bertz CT molecular complexity index is 540. The lowest BCUT2D eigenvalue weighted by molar-refractivity contribution is -0.134. The van der Waals surface area contributed by atoms with Gasteiger partial charge in [-0.1, -0.05) is 55.8 Å². The van der Waals surface area contributed by atoms with Crippen LogP contribution in [0.3, 0.4) is 0 Å². The molecule has 2 rings (SSSR count). The molecule has 1 aliphatic rings. The Morgan fingerprint density at radius 2 is 1.81 bits per heavy atom. The zero-order chi connectivity index (χ0) is 15.8. The molecule has 0 radical (unpaired) electrons. The van der Waals surface area contributed by atoms with E-state index in [1.807, 2.05) is 30.1 Å². The zero-order valence-corrected chi connectivity index (χ0v) is 14.1. The van der Waals surface area contributed by atoms with Gasteiger partial charge in [0.05, 0.1) is 12.0 Å². The fraction of sp³-hybridized carbons (Fsp3) is 0.526. The topological polar surface area (TPSA) is 20.3 Å². The first kappa shape index (κ1) is 15.8. The lowest BCUT2D eigenvalue weighted by Gasteiger charge is -2.26. The van der Waals surface area contributed by atoms with Crippen molar-refractivity contribution in [3.63, 3.8) is 0 Å². The van der Waals surface area contributed by atoms with E-state index in [-0.39, 0.29) is 23.3 Å². The highest BCUT2D eigenvalue weighted by atomic mass is 16.2. The first-order valence-corrected chi connectivity index (χ1v) is 7.73. The fourth-order valence-electron chi connectivity index (χ4n) is 3.18. The van der Waals surface area contributed by atoms with Gasteiger partial charge in [-0.3, -0.25) is 4.79 Å². The Balaban J connectivity index is 2.12. The van der Waals surface area contributed by atoms with Crippen LogP contribution < -0.4 is 0 Å². The summed E-state index contributed by atoms with van der Waals surface area (Å²) in [5, 5.41) is 0. The number of carbonyl (C=O) groups excluding carboxylic acids is 1. The number of hydrogen-bond acceptors (Lipinski definition) is 1. The Kier molecular flexibility index (Phi) is 4.27. The van der Waals surface area contributed by atoms with Gasteiger partial charge < -0.3 is 4.90 Å². The van der Waals surface area contributed by atoms with Crippen LogP contribution >= 0.6 is 0 Å². The van der Waals surface area contributed by atoms with Crippen molar-refractivity contribution >= 4 is 5.91 Å². The molecule has 0 aliphatic heterocycles. The molecule has 0 heterocycles. The van der Waals surface area contributed by atoms with Crippen molar-refractivity contribution in [2.24, 2.45) is 17.3 Å². The van der Waals surface area contributed by atoms with Crippen molar-refractivity contribution in [3.05, 3.63) is 47.5 Å². The molecule has 1 aliphatic carbocycles. The number of rotatable bonds is 4. The lowest BCUT2D eigenvalue weighted by Crippen LogP contribution is -2.32. The van der Waals surface area contributed by atoms with E-state index in [1.165, 1.54) is 11.1 Å². The summed E-state index contributed by atoms with van der Waals surface area (Å²) in [4.78, 5) is 14.7. The van der Waals surface area contributed by atoms with E-state index < -0.39 is 0 Å². The molecule has 114 valence electrons. The van der Waals surface area contributed by atoms with Crippen molar-refractivity contribution in [2.75, 3.05) is 7.05 Å². The number of nitrogens with zero attached hydrogens (tertiary/aromatic N) is 1. The average Bonchev–Trinajstić information content (AvgIpc) is 2.97. The molecule has 2 heteroatoms. The molecule has 0 spiro atoms. The lowest BCUT2D eigenvalue weighted by atomic mass is 10.1. The van der Waals surface area contributed by atoms with E-state index in [2.05, 4.69) is 52.8 Å². The van der Waals surface area contributed by atoms with E-state index in [1.54, 1.807) is 0 Å². The first-order chi connectivity index (χ1) is 9.76. The Morgan fingerprint density at radius 1 is 1.24 bits per heavy atom. The fourth-order valence-corrected chi connectivity index (χ4v) is 3.18. The highest BCUT2D eigenvalue weighted by Gasteiger charge is 2.61. The Morgan fingerprint density at radius 3 is 2.33 bits per heavy atom. The van der Waals surface area contributed by atoms with E-state index >= 15 is 0 Å². The van der Waals surface area contributed by atoms with Gasteiger partial charge in [-0.15, -0.1) is 0 Å². The molecule has 1 saturated carbocycles. The van der Waals surface area contributed by atoms with Gasteiger partial charge in [0.1, 0.15) is 0 Å². The van der Waals surface area contributed by atoms with E-state index in [9.17, 15) is 4.79 Å². The summed E-state index contributed by atoms with van der Waals surface area (Å²) in [6.07, 6.45) is 2.25. The predicted octanol–water partition coefficient (Wildman–Crippen LogP) is 4.44. The van der Waals surface area contributed by atoms with Crippen LogP contribution in [0.25, 0.3) is 0 Å². The molecule has 0 bridgehead atoms. The number of carbonyl (C=O) groups is 1. The number of hydrogen-bond donors (Lipinski definition) is 0. The van der Waals surface area contributed by atoms with Crippen LogP contribution in [-0.2, 0) is 4.79 Å². The van der Waals surface area contributed by atoms with Gasteiger partial charge in [-0.05, 0) is 37.7 Å². The maximum Gasteiger partial charge on any atom is 0.227 e. The largest absolute Gasteiger partial charge is 0.339 e. The maximum atomic E-state index is 12.8. The van der Waals surface area contributed by atoms with Gasteiger partial charge in [0, 0.05) is 7.05 Å². The minimum Gasteiger partial charge on any atom is -0.339 e. The highest BCUT2D eigenvalue weighted by Crippen LogP contribution is 2.60. The van der Waals surface area contributed by atoms with Crippen molar-refractivity contribution < 1.29 is 4.79 Å². The number of benzene rings is 1. The van der Waals surface area contributed by atoms with Crippen LogP contribution in [0.2, 0.25) is 0 Å². The molecular formula is C19H27NO. The molecule has 1 amide bonds. The predicted molar refractivity (Wildman–Crippen MR) is 87.8 cm³/mol. The third-order valence-corrected chi connectivity index (χ3v) is 4.90. The van der Waals surface area contributed by atoms with Crippen molar-refractivity contribution in [1.29, 1.82) is 0 Å². The molecule has 21 heavy (non-hydrogen) atoms. The van der Waals surface area contributed by atoms with Crippen molar-refractivity contribution in [2.45, 2.75) is 40.7 Å². The van der Waals surface area contributed by atoms with Gasteiger partial charge in [-0.25, -0.2) is 0 Å². The summed E-state index contributed by atoms with van der Waals surface area (Å²) in [6, 6.07) is 10.3. The Hall–Kier alpha value is -1.57. The van der Waals surface area contributed by atoms with Crippen LogP contribution in [0.15, 0.2) is 42.0 Å². The SMILES string of the molecule is CC(C)=CC1C(C(=O)N(C)C(C)c2ccccc2)C1(C)C. The Labute approximate surface area is 128 Å². The van der Waals surface area contributed by atoms with Crippen molar-refractivity contribution in [3.8, 4) is 0 Å². The third kappa shape index (κ3) is 3.04. The molecule has 2 nitrogen and oxygen atoms in total. The first-order valence-electron chi connectivity index (χ1n) is 7.73. The quantitative estimate of drug-likeness (QED) is 0.749. The molecule has 0 N–H and O–H groups in total. The second kappa shape index (κ2) is 5.67. The van der Waals surface area contributed by atoms with Gasteiger partial charge in [-0.2, -0.15) is 0 Å². The molecule has 3 unspecified atom stereocenters. The molecule has 3 atom stereocenters. The van der Waals surface area contributed by atoms with Crippen LogP contribution in [0.5, 0.6) is 0 Å². The second-order valence-corrected chi connectivity index (χ2v) is 7.10. The molecule has 1 fully saturated rings. The van der Waals surface area contributed by atoms with E-state index in [0.29, 0.717) is 5.92 Å². The minimum atomic E-state index is 0.0824. The zero-order valence-electron chi connectivity index (χ0n) is 14.1. The smallest absolute Gasteiger partial charge is 0.227 e. The molecule has 1 aromatic rings. The van der Waals surface area contributed by atoms with Crippen molar-refractivity contribution in [1.82, 2.24) is 4.90 Å². The van der Waals surface area contributed by atoms with Crippen LogP contribution in [0.4, 0.5) is 0 Å². The van der Waals surface area contributed by atoms with Crippen LogP contribution in [0, 0.1) is 17.3 Å². The van der Waals surface area contributed by atoms with Gasteiger partial charge in [0.25, 0.3) is 0 Å². The highest BCUT2D eigenvalue weighted by molar-refractivity contribution is 5.84. The van der Waals surface area contributed by atoms with Crippen LogP contribution in [0.1, 0.15) is 46.2 Å². The standard InChI is InChI=1S/C19H27NO/c1-13(2)12-16-17(19(16,4)5)18(21)20(6)14(3)15-10-8-7-9-11-15/h7-12,14,16-17H,1-6H3. The van der Waals surface area contributed by atoms with Gasteiger partial charge in [0.15, 0.2) is 0 Å². The summed E-state index contributed by atoms with van der Waals surface area (Å²) < 4.78 is 0. The number of amides is 1. The molecule has 0 aromatic heterocycles. The molecular weight excluding hydrogens is 258 g/mol. The van der Waals surface area contributed by atoms with Crippen LogP contribution in [-0.4, -0.2) is 17.9 Å². The normalized spacial score (nSPS) is 24.1. The minimum absolute atomic E-state index is 0.0824. The monoisotopic (exact) mass is 285 g/mol. The number of allylic oxidation sites excluding steroid dienone is 2. The van der Waals surface area contributed by atoms with Gasteiger partial charge >= 0.3 is 0 Å². The second-order valence-electron chi connectivity index (χ2n) is 7.10. The molecule has 1 aromatic carbocycles. The van der Waals surface area contributed by atoms with E-state index in [4.69, 9.17) is 0 Å². The summed E-state index contributed by atoms with van der Waals surface area (Å²) in [5.74, 6) is 0.753. The summed E-state index contributed by atoms with van der Waals surface area (Å²) in [5.41, 5.74) is 2.56. The average molecular weight is 285 g/mol. The summed E-state index contributed by atoms with van der Waals surface area (Å²) >= 11 is 0.